The molecule has 0 atom stereocenters. The zero-order valence-corrected chi connectivity index (χ0v) is 14.2. The second kappa shape index (κ2) is 6.11. The number of amides is 1. The molecule has 1 amide bonds. The Balaban J connectivity index is 1.48. The van der Waals surface area contributed by atoms with Crippen LogP contribution in [0.1, 0.15) is 34.3 Å². The topological polar surface area (TPSA) is 44.9 Å². The average molecular weight is 376 g/mol. The van der Waals surface area contributed by atoms with Crippen LogP contribution in [0, 0.1) is 5.82 Å². The van der Waals surface area contributed by atoms with Crippen molar-refractivity contribution in [3.8, 4) is 0 Å². The highest BCUT2D eigenvalue weighted by atomic mass is 19.4. The van der Waals surface area contributed by atoms with Gasteiger partial charge in [0, 0.05) is 34.6 Å². The summed E-state index contributed by atoms with van der Waals surface area (Å²) >= 11 is 0. The molecule has 4 rings (SSSR count). The first kappa shape index (κ1) is 17.6. The molecule has 0 saturated heterocycles. The lowest BCUT2D eigenvalue weighted by Gasteiger charge is -2.16. The Kier molecular flexibility index (Phi) is 3.98. The molecule has 7 heteroatoms. The van der Waals surface area contributed by atoms with Gasteiger partial charge in [-0.25, -0.2) is 4.39 Å². The summed E-state index contributed by atoms with van der Waals surface area (Å²) in [6.45, 7) is 0.372. The van der Waals surface area contributed by atoms with Gasteiger partial charge in [-0.15, -0.1) is 0 Å². The Morgan fingerprint density at radius 3 is 2.44 bits per heavy atom. The van der Waals surface area contributed by atoms with Crippen molar-refractivity contribution in [3.63, 3.8) is 0 Å². The second-order valence-electron chi connectivity index (χ2n) is 6.93. The molecule has 3 nitrogen and oxygen atoms in total. The van der Waals surface area contributed by atoms with Crippen molar-refractivity contribution >= 4 is 16.8 Å². The van der Waals surface area contributed by atoms with Crippen LogP contribution in [-0.4, -0.2) is 17.4 Å². The van der Waals surface area contributed by atoms with Crippen molar-refractivity contribution in [2.24, 2.45) is 0 Å². The summed E-state index contributed by atoms with van der Waals surface area (Å²) in [5.41, 5.74) is 0.886. The van der Waals surface area contributed by atoms with Gasteiger partial charge < -0.3 is 10.3 Å². The predicted octanol–water partition coefficient (Wildman–Crippen LogP) is 4.79. The highest BCUT2D eigenvalue weighted by molar-refractivity contribution is 5.94. The third kappa shape index (κ3) is 3.29. The Hall–Kier alpha value is -2.83. The van der Waals surface area contributed by atoms with Gasteiger partial charge in [0.15, 0.2) is 0 Å². The minimum atomic E-state index is -4.43. The smallest absolute Gasteiger partial charge is 0.361 e. The molecule has 1 saturated carbocycles. The van der Waals surface area contributed by atoms with Crippen molar-refractivity contribution < 1.29 is 22.4 Å². The van der Waals surface area contributed by atoms with Crippen LogP contribution in [0.3, 0.4) is 0 Å². The molecule has 1 fully saturated rings. The maximum absolute atomic E-state index is 13.4. The van der Waals surface area contributed by atoms with E-state index >= 15 is 0 Å². The van der Waals surface area contributed by atoms with Gasteiger partial charge >= 0.3 is 6.18 Å². The highest BCUT2D eigenvalue weighted by Gasteiger charge is 2.46. The summed E-state index contributed by atoms with van der Waals surface area (Å²) in [6.07, 6.45) is -0.835. The zero-order chi connectivity index (χ0) is 19.2. The summed E-state index contributed by atoms with van der Waals surface area (Å²) < 4.78 is 51.2. The number of nitrogens with one attached hydrogen (secondary N) is 2. The molecule has 2 N–H and O–H groups in total. The van der Waals surface area contributed by atoms with Crippen molar-refractivity contribution in [1.82, 2.24) is 10.3 Å². The Morgan fingerprint density at radius 2 is 1.81 bits per heavy atom. The third-order valence-electron chi connectivity index (χ3n) is 5.13. The number of carbonyl (C=O) groups is 1. The van der Waals surface area contributed by atoms with E-state index in [4.69, 9.17) is 0 Å². The fourth-order valence-electron chi connectivity index (χ4n) is 3.39. The van der Waals surface area contributed by atoms with Crippen LogP contribution in [0.15, 0.2) is 48.7 Å². The fraction of sp³-hybridized carbons (Fsp3) is 0.250. The average Bonchev–Trinajstić information content (AvgIpc) is 3.30. The van der Waals surface area contributed by atoms with Crippen molar-refractivity contribution in [3.05, 3.63) is 71.2 Å². The van der Waals surface area contributed by atoms with E-state index < -0.39 is 17.6 Å². The standard InChI is InChI=1S/C20H16F4N2O/c21-14-5-6-15-16(10-25-17(15)9-14)19(7-8-19)11-26-18(27)12-1-3-13(4-2-12)20(22,23)24/h1-6,9-10,25H,7-8,11H2,(H,26,27). The van der Waals surface area contributed by atoms with E-state index in [0.29, 0.717) is 12.1 Å². The first-order valence-electron chi connectivity index (χ1n) is 8.51. The van der Waals surface area contributed by atoms with Crippen LogP contribution in [0.4, 0.5) is 17.6 Å². The maximum atomic E-state index is 13.4. The van der Waals surface area contributed by atoms with Crippen LogP contribution < -0.4 is 5.32 Å². The lowest BCUT2D eigenvalue weighted by molar-refractivity contribution is -0.137. The summed E-state index contributed by atoms with van der Waals surface area (Å²) in [5.74, 6) is -0.739. The minimum absolute atomic E-state index is 0.180. The molecule has 1 aliphatic carbocycles. The number of aromatic nitrogens is 1. The van der Waals surface area contributed by atoms with Crippen molar-refractivity contribution in [1.29, 1.82) is 0 Å². The molecule has 0 bridgehead atoms. The Labute approximate surface area is 152 Å². The van der Waals surface area contributed by atoms with E-state index in [0.717, 1.165) is 35.9 Å². The summed E-state index contributed by atoms with van der Waals surface area (Å²) in [4.78, 5) is 15.4. The van der Waals surface area contributed by atoms with Gasteiger partial charge in [0.25, 0.3) is 5.91 Å². The van der Waals surface area contributed by atoms with E-state index in [1.165, 1.54) is 24.3 Å². The molecule has 1 heterocycles. The molecule has 0 unspecified atom stereocenters. The monoisotopic (exact) mass is 376 g/mol. The van der Waals surface area contributed by atoms with E-state index in [1.54, 1.807) is 6.07 Å². The number of hydrogen-bond donors (Lipinski definition) is 2. The van der Waals surface area contributed by atoms with E-state index in [9.17, 15) is 22.4 Å². The van der Waals surface area contributed by atoms with Crippen LogP contribution >= 0.6 is 0 Å². The lowest BCUT2D eigenvalue weighted by atomic mass is 9.95. The maximum Gasteiger partial charge on any atom is 0.416 e. The summed E-state index contributed by atoms with van der Waals surface area (Å²) in [6, 6.07) is 8.69. The van der Waals surface area contributed by atoms with Gasteiger partial charge in [-0.05, 0) is 60.9 Å². The van der Waals surface area contributed by atoms with Gasteiger partial charge in [-0.3, -0.25) is 4.79 Å². The molecular formula is C20H16F4N2O. The SMILES string of the molecule is O=C(NCC1(c2c[nH]c3cc(F)ccc23)CC1)c1ccc(C(F)(F)F)cc1. The third-order valence-corrected chi connectivity index (χ3v) is 5.13. The van der Waals surface area contributed by atoms with E-state index in [2.05, 4.69) is 10.3 Å². The first-order chi connectivity index (χ1) is 12.8. The molecule has 0 spiro atoms. The number of carbonyl (C=O) groups excluding carboxylic acids is 1. The number of benzene rings is 2. The summed E-state index contributed by atoms with van der Waals surface area (Å²) in [7, 11) is 0. The summed E-state index contributed by atoms with van der Waals surface area (Å²) in [5, 5.41) is 3.73. The molecule has 0 aliphatic heterocycles. The Morgan fingerprint density at radius 1 is 1.11 bits per heavy atom. The largest absolute Gasteiger partial charge is 0.416 e. The van der Waals surface area contributed by atoms with Gasteiger partial charge in [-0.1, -0.05) is 0 Å². The zero-order valence-electron chi connectivity index (χ0n) is 14.2. The normalized spacial score (nSPS) is 15.7. The van der Waals surface area contributed by atoms with Crippen LogP contribution in [0.5, 0.6) is 0 Å². The van der Waals surface area contributed by atoms with Crippen molar-refractivity contribution in [2.45, 2.75) is 24.4 Å². The van der Waals surface area contributed by atoms with Gasteiger partial charge in [-0.2, -0.15) is 13.2 Å². The number of halogens is 4. The second-order valence-corrected chi connectivity index (χ2v) is 6.93. The quantitative estimate of drug-likeness (QED) is 0.632. The molecule has 1 aromatic heterocycles. The molecule has 3 aromatic rings. The number of rotatable bonds is 4. The molecule has 27 heavy (non-hydrogen) atoms. The number of hydrogen-bond acceptors (Lipinski definition) is 1. The molecule has 2 aromatic carbocycles. The highest BCUT2D eigenvalue weighted by Crippen LogP contribution is 2.50. The predicted molar refractivity (Wildman–Crippen MR) is 92.9 cm³/mol. The van der Waals surface area contributed by atoms with Crippen LogP contribution in [0.2, 0.25) is 0 Å². The Bertz CT molecular complexity index is 1000. The van der Waals surface area contributed by atoms with E-state index in [1.807, 2.05) is 6.20 Å². The van der Waals surface area contributed by atoms with Crippen molar-refractivity contribution in [2.75, 3.05) is 6.54 Å². The molecular weight excluding hydrogens is 360 g/mol. The lowest BCUT2D eigenvalue weighted by Crippen LogP contribution is -2.32. The minimum Gasteiger partial charge on any atom is -0.361 e. The van der Waals surface area contributed by atoms with E-state index in [-0.39, 0.29) is 16.8 Å². The number of H-pyrrole nitrogens is 1. The molecule has 0 radical (unpaired) electrons. The molecule has 1 aliphatic rings. The number of alkyl halides is 3. The van der Waals surface area contributed by atoms with Gasteiger partial charge in [0.05, 0.1) is 5.56 Å². The number of aromatic amines is 1. The van der Waals surface area contributed by atoms with Crippen LogP contribution in [0.25, 0.3) is 10.9 Å². The van der Waals surface area contributed by atoms with Gasteiger partial charge in [0.2, 0.25) is 0 Å². The molecule has 140 valence electrons. The van der Waals surface area contributed by atoms with Gasteiger partial charge in [0.1, 0.15) is 5.82 Å². The van der Waals surface area contributed by atoms with Crippen LogP contribution in [-0.2, 0) is 11.6 Å². The fourth-order valence-corrected chi connectivity index (χ4v) is 3.39. The first-order valence-corrected chi connectivity index (χ1v) is 8.51. The number of fused-ring (bicyclic) bond motifs is 1.